The molecule has 156 valence electrons. The largest absolute Gasteiger partial charge is 0.481 e. The lowest BCUT2D eigenvalue weighted by Crippen LogP contribution is -2.42. The molecule has 1 aromatic heterocycles. The molecule has 1 aliphatic rings. The highest BCUT2D eigenvalue weighted by Crippen LogP contribution is 2.21. The number of aryl methyl sites for hydroxylation is 1. The van der Waals surface area contributed by atoms with Gasteiger partial charge in [0.15, 0.2) is 18.2 Å². The van der Waals surface area contributed by atoms with Crippen LogP contribution in [0.15, 0.2) is 53.3 Å². The summed E-state index contributed by atoms with van der Waals surface area (Å²) in [5, 5.41) is 0.626. The molecule has 3 aromatic rings. The summed E-state index contributed by atoms with van der Waals surface area (Å²) in [7, 11) is 0. The molecule has 1 aliphatic heterocycles. The second-order valence-electron chi connectivity index (χ2n) is 7.64. The van der Waals surface area contributed by atoms with E-state index in [-0.39, 0.29) is 23.8 Å². The van der Waals surface area contributed by atoms with Crippen molar-refractivity contribution in [1.82, 2.24) is 14.5 Å². The van der Waals surface area contributed by atoms with Crippen LogP contribution in [0.3, 0.4) is 0 Å². The summed E-state index contributed by atoms with van der Waals surface area (Å²) in [6.07, 6.45) is 1.59. The molecular weight excluding hydrogens is 385 g/mol. The van der Waals surface area contributed by atoms with Gasteiger partial charge >= 0.3 is 0 Å². The lowest BCUT2D eigenvalue weighted by atomic mass is 9.96. The Kier molecular flexibility index (Phi) is 5.79. The molecule has 0 spiro atoms. The van der Waals surface area contributed by atoms with E-state index in [1.165, 1.54) is 12.1 Å². The van der Waals surface area contributed by atoms with Crippen LogP contribution in [0.25, 0.3) is 10.9 Å². The fourth-order valence-electron chi connectivity index (χ4n) is 3.91. The number of nitrogens with zero attached hydrogens (tertiary/aromatic N) is 3. The van der Waals surface area contributed by atoms with Gasteiger partial charge in [-0.1, -0.05) is 24.3 Å². The molecule has 0 unspecified atom stereocenters. The summed E-state index contributed by atoms with van der Waals surface area (Å²) >= 11 is 0. The number of hydrogen-bond acceptors (Lipinski definition) is 4. The fraction of sp³-hybridized carbons (Fsp3) is 0.348. The number of amides is 1. The van der Waals surface area contributed by atoms with Crippen molar-refractivity contribution in [2.24, 2.45) is 5.92 Å². The zero-order valence-electron chi connectivity index (χ0n) is 16.9. The second-order valence-corrected chi connectivity index (χ2v) is 7.64. The van der Waals surface area contributed by atoms with Gasteiger partial charge in [0.25, 0.3) is 11.5 Å². The maximum absolute atomic E-state index is 13.6. The van der Waals surface area contributed by atoms with Gasteiger partial charge in [-0.05, 0) is 49.9 Å². The molecule has 1 saturated heterocycles. The van der Waals surface area contributed by atoms with Crippen molar-refractivity contribution >= 4 is 16.8 Å². The molecule has 0 N–H and O–H groups in total. The average molecular weight is 409 g/mol. The maximum atomic E-state index is 13.6. The minimum atomic E-state index is -0.478. The number of piperidine rings is 1. The number of para-hydroxylation sites is 2. The van der Waals surface area contributed by atoms with Gasteiger partial charge in [0.05, 0.1) is 10.9 Å². The third-order valence-electron chi connectivity index (χ3n) is 5.65. The van der Waals surface area contributed by atoms with Crippen molar-refractivity contribution in [2.45, 2.75) is 26.3 Å². The molecule has 0 bridgehead atoms. The minimum Gasteiger partial charge on any atom is -0.481 e. The Morgan fingerprint density at radius 2 is 1.83 bits per heavy atom. The van der Waals surface area contributed by atoms with E-state index in [0.717, 1.165) is 12.8 Å². The molecule has 4 rings (SSSR count). The maximum Gasteiger partial charge on any atom is 0.261 e. The van der Waals surface area contributed by atoms with Crippen LogP contribution in [0.4, 0.5) is 4.39 Å². The fourth-order valence-corrected chi connectivity index (χ4v) is 3.91. The topological polar surface area (TPSA) is 64.4 Å². The number of hydrogen-bond donors (Lipinski definition) is 0. The Labute approximate surface area is 173 Å². The number of rotatable bonds is 5. The van der Waals surface area contributed by atoms with Crippen molar-refractivity contribution < 1.29 is 13.9 Å². The Morgan fingerprint density at radius 3 is 2.60 bits per heavy atom. The molecule has 0 atom stereocenters. The summed E-state index contributed by atoms with van der Waals surface area (Å²) < 4.78 is 20.7. The molecular formula is C23H24FN3O3. The first-order valence-electron chi connectivity index (χ1n) is 10.1. The van der Waals surface area contributed by atoms with Crippen LogP contribution in [-0.4, -0.2) is 40.1 Å². The van der Waals surface area contributed by atoms with Crippen molar-refractivity contribution in [1.29, 1.82) is 0 Å². The number of ether oxygens (including phenoxy) is 1. The van der Waals surface area contributed by atoms with Gasteiger partial charge in [0, 0.05) is 19.6 Å². The summed E-state index contributed by atoms with van der Waals surface area (Å²) in [5.41, 5.74) is 0.696. The summed E-state index contributed by atoms with van der Waals surface area (Å²) in [6, 6.07) is 13.4. The van der Waals surface area contributed by atoms with Crippen molar-refractivity contribution in [2.75, 3.05) is 19.7 Å². The van der Waals surface area contributed by atoms with Crippen LogP contribution in [0.2, 0.25) is 0 Å². The van der Waals surface area contributed by atoms with Crippen LogP contribution in [0.5, 0.6) is 5.75 Å². The molecule has 2 aromatic carbocycles. The van der Waals surface area contributed by atoms with Crippen LogP contribution >= 0.6 is 0 Å². The zero-order chi connectivity index (χ0) is 21.1. The Bertz CT molecular complexity index is 1120. The molecule has 30 heavy (non-hydrogen) atoms. The van der Waals surface area contributed by atoms with Gasteiger partial charge in [-0.15, -0.1) is 0 Å². The average Bonchev–Trinajstić information content (AvgIpc) is 2.76. The van der Waals surface area contributed by atoms with Gasteiger partial charge < -0.3 is 9.64 Å². The predicted octanol–water partition coefficient (Wildman–Crippen LogP) is 3.16. The van der Waals surface area contributed by atoms with E-state index in [2.05, 4.69) is 4.98 Å². The third kappa shape index (κ3) is 4.20. The first-order valence-corrected chi connectivity index (χ1v) is 10.1. The monoisotopic (exact) mass is 409 g/mol. The number of halogens is 1. The highest BCUT2D eigenvalue weighted by Gasteiger charge is 2.24. The lowest BCUT2D eigenvalue weighted by molar-refractivity contribution is -0.134. The highest BCUT2D eigenvalue weighted by atomic mass is 19.1. The summed E-state index contributed by atoms with van der Waals surface area (Å²) in [4.78, 5) is 31.6. The van der Waals surface area contributed by atoms with Gasteiger partial charge in [-0.25, -0.2) is 9.37 Å². The standard InChI is InChI=1S/C23H24FN3O3/c1-16-25-20-8-4-2-6-18(20)23(29)27(16)14-17-10-12-26(13-11-17)22(28)15-30-21-9-5-3-7-19(21)24/h2-9,17H,10-15H2,1H3. The van der Waals surface area contributed by atoms with Crippen molar-refractivity contribution in [3.05, 3.63) is 70.5 Å². The van der Waals surface area contributed by atoms with E-state index in [1.54, 1.807) is 27.7 Å². The minimum absolute atomic E-state index is 0.0186. The number of aromatic nitrogens is 2. The summed E-state index contributed by atoms with van der Waals surface area (Å²) in [6.45, 7) is 3.46. The number of carbonyl (C=O) groups excluding carboxylic acids is 1. The Hall–Kier alpha value is -3.22. The van der Waals surface area contributed by atoms with Crippen LogP contribution < -0.4 is 10.3 Å². The highest BCUT2D eigenvalue weighted by molar-refractivity contribution is 5.78. The lowest BCUT2D eigenvalue weighted by Gasteiger charge is -2.32. The van der Waals surface area contributed by atoms with Gasteiger partial charge in [0.1, 0.15) is 5.82 Å². The first kappa shape index (κ1) is 20.1. The van der Waals surface area contributed by atoms with Crippen molar-refractivity contribution in [3.63, 3.8) is 0 Å². The van der Waals surface area contributed by atoms with E-state index in [0.29, 0.717) is 42.3 Å². The van der Waals surface area contributed by atoms with Crippen LogP contribution in [0, 0.1) is 18.7 Å². The SMILES string of the molecule is Cc1nc2ccccc2c(=O)n1CC1CCN(C(=O)COc2ccccc2F)CC1. The number of fused-ring (bicyclic) bond motifs is 1. The zero-order valence-corrected chi connectivity index (χ0v) is 16.9. The van der Waals surface area contributed by atoms with E-state index in [4.69, 9.17) is 4.74 Å². The van der Waals surface area contributed by atoms with E-state index >= 15 is 0 Å². The quantitative estimate of drug-likeness (QED) is 0.649. The first-order chi connectivity index (χ1) is 14.5. The molecule has 0 saturated carbocycles. The van der Waals surface area contributed by atoms with E-state index in [1.807, 2.05) is 25.1 Å². The van der Waals surface area contributed by atoms with Gasteiger partial charge in [0.2, 0.25) is 0 Å². The normalized spacial score (nSPS) is 14.8. The molecule has 7 heteroatoms. The second kappa shape index (κ2) is 8.65. The van der Waals surface area contributed by atoms with Crippen molar-refractivity contribution in [3.8, 4) is 5.75 Å². The van der Waals surface area contributed by atoms with E-state index < -0.39 is 5.82 Å². The number of benzene rings is 2. The Morgan fingerprint density at radius 1 is 1.13 bits per heavy atom. The molecule has 0 aliphatic carbocycles. The van der Waals surface area contributed by atoms with Gasteiger partial charge in [-0.3, -0.25) is 14.2 Å². The smallest absolute Gasteiger partial charge is 0.261 e. The number of likely N-dealkylation sites (tertiary alicyclic amines) is 1. The molecule has 0 radical (unpaired) electrons. The van der Waals surface area contributed by atoms with Crippen LogP contribution in [0.1, 0.15) is 18.7 Å². The van der Waals surface area contributed by atoms with E-state index in [9.17, 15) is 14.0 Å². The predicted molar refractivity (Wildman–Crippen MR) is 112 cm³/mol. The Balaban J connectivity index is 1.35. The molecule has 2 heterocycles. The van der Waals surface area contributed by atoms with Crippen LogP contribution in [-0.2, 0) is 11.3 Å². The van der Waals surface area contributed by atoms with Gasteiger partial charge in [-0.2, -0.15) is 0 Å². The molecule has 1 fully saturated rings. The molecule has 6 nitrogen and oxygen atoms in total. The number of carbonyl (C=O) groups is 1. The third-order valence-corrected chi connectivity index (χ3v) is 5.65. The summed E-state index contributed by atoms with van der Waals surface area (Å²) in [5.74, 6) is 0.446. The molecule has 1 amide bonds.